The van der Waals surface area contributed by atoms with Gasteiger partial charge in [0.15, 0.2) is 17.3 Å². The van der Waals surface area contributed by atoms with Crippen molar-refractivity contribution in [2.75, 3.05) is 21.3 Å². The molecule has 8 heteroatoms. The summed E-state index contributed by atoms with van der Waals surface area (Å²) in [6.07, 6.45) is 0. The van der Waals surface area contributed by atoms with Crippen molar-refractivity contribution in [2.24, 2.45) is 5.92 Å². The van der Waals surface area contributed by atoms with E-state index in [1.807, 2.05) is 22.9 Å². The van der Waals surface area contributed by atoms with Crippen LogP contribution < -0.4 is 14.2 Å². The minimum atomic E-state index is -0.239. The maximum Gasteiger partial charge on any atom is 0.203 e. The Morgan fingerprint density at radius 2 is 1.47 bits per heavy atom. The fourth-order valence-electron chi connectivity index (χ4n) is 4.27. The van der Waals surface area contributed by atoms with Gasteiger partial charge in [-0.05, 0) is 60.4 Å². The van der Waals surface area contributed by atoms with Crippen LogP contribution in [0.25, 0.3) is 0 Å². The molecule has 184 valence electrons. The van der Waals surface area contributed by atoms with Crippen LogP contribution in [0.15, 0.2) is 42.5 Å². The summed E-state index contributed by atoms with van der Waals surface area (Å²) in [5, 5.41) is 12.9. The van der Waals surface area contributed by atoms with Gasteiger partial charge in [0.1, 0.15) is 0 Å². The number of nitrogens with zero attached hydrogens (tertiary/aromatic N) is 5. The topological polar surface area (TPSA) is 74.5 Å². The fraction of sp³-hybridized carbons (Fsp3) is 0.500. The summed E-state index contributed by atoms with van der Waals surface area (Å²) in [4.78, 5) is 2.41. The lowest BCUT2D eigenvalue weighted by Gasteiger charge is -2.35. The van der Waals surface area contributed by atoms with Crippen molar-refractivity contribution in [2.45, 2.75) is 59.3 Å². The first kappa shape index (κ1) is 25.5. The van der Waals surface area contributed by atoms with E-state index in [0.717, 1.165) is 17.9 Å². The third-order valence-electron chi connectivity index (χ3n) is 5.76. The maximum absolute atomic E-state index is 5.60. The van der Waals surface area contributed by atoms with Gasteiger partial charge in [-0.25, -0.2) is 4.68 Å². The van der Waals surface area contributed by atoms with Gasteiger partial charge >= 0.3 is 0 Å². The third-order valence-corrected chi connectivity index (χ3v) is 5.76. The lowest BCUT2D eigenvalue weighted by molar-refractivity contribution is 0.120. The highest BCUT2D eigenvalue weighted by atomic mass is 16.5. The van der Waals surface area contributed by atoms with E-state index in [1.165, 1.54) is 5.56 Å². The first-order valence-electron chi connectivity index (χ1n) is 11.5. The number of hydrogen-bond donors (Lipinski definition) is 0. The van der Waals surface area contributed by atoms with Crippen LogP contribution in [0.4, 0.5) is 0 Å². The van der Waals surface area contributed by atoms with E-state index in [0.29, 0.717) is 23.8 Å². The zero-order valence-corrected chi connectivity index (χ0v) is 21.6. The van der Waals surface area contributed by atoms with Crippen molar-refractivity contribution >= 4 is 0 Å². The van der Waals surface area contributed by atoms with Crippen LogP contribution in [-0.2, 0) is 18.6 Å². The average Bonchev–Trinajstić information content (AvgIpc) is 3.28. The molecule has 3 aromatic rings. The quantitative estimate of drug-likeness (QED) is 0.422. The first-order valence-corrected chi connectivity index (χ1v) is 11.5. The smallest absolute Gasteiger partial charge is 0.203 e. The first-order chi connectivity index (χ1) is 16.2. The second-order valence-corrected chi connectivity index (χ2v) is 9.73. The number of methoxy groups -OCH3 is 3. The Balaban J connectivity index is 2.09. The van der Waals surface area contributed by atoms with Crippen LogP contribution in [0, 0.1) is 5.92 Å². The lowest BCUT2D eigenvalue weighted by Crippen LogP contribution is -2.36. The Morgan fingerprint density at radius 1 is 0.882 bits per heavy atom. The molecule has 0 fully saturated rings. The van der Waals surface area contributed by atoms with E-state index in [2.05, 4.69) is 79.3 Å². The average molecular weight is 468 g/mol. The van der Waals surface area contributed by atoms with Gasteiger partial charge in [0.05, 0.1) is 32.9 Å². The summed E-state index contributed by atoms with van der Waals surface area (Å²) < 4.78 is 18.7. The van der Waals surface area contributed by atoms with Gasteiger partial charge < -0.3 is 14.2 Å². The van der Waals surface area contributed by atoms with E-state index in [9.17, 15) is 0 Å². The van der Waals surface area contributed by atoms with Crippen molar-refractivity contribution < 1.29 is 14.2 Å². The molecule has 8 nitrogen and oxygen atoms in total. The summed E-state index contributed by atoms with van der Waals surface area (Å²) >= 11 is 0. The summed E-state index contributed by atoms with van der Waals surface area (Å²) in [7, 11) is 4.89. The van der Waals surface area contributed by atoms with Gasteiger partial charge in [-0.1, -0.05) is 44.2 Å². The van der Waals surface area contributed by atoms with Crippen LogP contribution in [0.5, 0.6) is 17.2 Å². The fourth-order valence-corrected chi connectivity index (χ4v) is 4.27. The molecule has 0 saturated carbocycles. The van der Waals surface area contributed by atoms with Crippen molar-refractivity contribution in [3.63, 3.8) is 0 Å². The summed E-state index contributed by atoms with van der Waals surface area (Å²) in [6, 6.07) is 14.4. The number of ether oxygens (including phenoxy) is 3. The molecular formula is C26H37N5O3. The van der Waals surface area contributed by atoms with E-state index in [4.69, 9.17) is 14.2 Å². The van der Waals surface area contributed by atoms with Crippen molar-refractivity contribution in [3.05, 3.63) is 59.4 Å². The number of tetrazole rings is 1. The molecule has 1 aromatic heterocycles. The predicted molar refractivity (Wildman–Crippen MR) is 132 cm³/mol. The van der Waals surface area contributed by atoms with Gasteiger partial charge in [-0.15, -0.1) is 5.10 Å². The molecule has 1 atom stereocenters. The van der Waals surface area contributed by atoms with Gasteiger partial charge in [-0.2, -0.15) is 0 Å². The molecule has 0 amide bonds. The minimum Gasteiger partial charge on any atom is -0.493 e. The predicted octanol–water partition coefficient (Wildman–Crippen LogP) is 4.85. The minimum absolute atomic E-state index is 0.0199. The van der Waals surface area contributed by atoms with Gasteiger partial charge in [0, 0.05) is 13.1 Å². The molecule has 0 radical (unpaired) electrons. The molecule has 3 rings (SSSR count). The van der Waals surface area contributed by atoms with Gasteiger partial charge in [0.25, 0.3) is 0 Å². The molecule has 0 aliphatic carbocycles. The number of aromatic nitrogens is 4. The molecule has 0 saturated heterocycles. The molecule has 0 N–H and O–H groups in total. The number of rotatable bonds is 10. The SMILES string of the molecule is COc1cc(CN(Cc2ccccc2)[C@@H](c2nnnn2C(C)(C)C)C(C)C)cc(OC)c1OC. The molecule has 2 aromatic carbocycles. The normalized spacial score (nSPS) is 12.8. The number of hydrogen-bond acceptors (Lipinski definition) is 7. The number of benzene rings is 2. The molecule has 0 spiro atoms. The van der Waals surface area contributed by atoms with Gasteiger partial charge in [0.2, 0.25) is 5.75 Å². The Bertz CT molecular complexity index is 1030. The standard InChI is InChI=1S/C26H37N5O3/c1-18(2)23(25-27-28-29-31(25)26(3,4)5)30(16-19-12-10-9-11-13-19)17-20-14-21(32-6)24(34-8)22(15-20)33-7/h9-15,18,23H,16-17H2,1-8H3/t23-/m1/s1. The molecule has 0 unspecified atom stereocenters. The van der Waals surface area contributed by atoms with Crippen molar-refractivity contribution in [1.29, 1.82) is 0 Å². The molecular weight excluding hydrogens is 430 g/mol. The largest absolute Gasteiger partial charge is 0.493 e. The van der Waals surface area contributed by atoms with Crippen LogP contribution in [0.1, 0.15) is 57.6 Å². The molecule has 34 heavy (non-hydrogen) atoms. The highest BCUT2D eigenvalue weighted by molar-refractivity contribution is 5.53. The van der Waals surface area contributed by atoms with Crippen LogP contribution in [0.3, 0.4) is 0 Å². The Kier molecular flexibility index (Phi) is 8.15. The highest BCUT2D eigenvalue weighted by Gasteiger charge is 2.32. The van der Waals surface area contributed by atoms with Crippen LogP contribution in [0.2, 0.25) is 0 Å². The molecule has 0 aliphatic rings. The lowest BCUT2D eigenvalue weighted by atomic mass is 9.98. The zero-order valence-electron chi connectivity index (χ0n) is 21.6. The summed E-state index contributed by atoms with van der Waals surface area (Å²) in [6.45, 7) is 12.1. The second-order valence-electron chi connectivity index (χ2n) is 9.73. The van der Waals surface area contributed by atoms with E-state index in [1.54, 1.807) is 21.3 Å². The Morgan fingerprint density at radius 3 is 1.97 bits per heavy atom. The van der Waals surface area contributed by atoms with E-state index >= 15 is 0 Å². The van der Waals surface area contributed by atoms with Crippen LogP contribution >= 0.6 is 0 Å². The van der Waals surface area contributed by atoms with Crippen molar-refractivity contribution in [1.82, 2.24) is 25.1 Å². The van der Waals surface area contributed by atoms with Gasteiger partial charge in [-0.3, -0.25) is 4.90 Å². The summed E-state index contributed by atoms with van der Waals surface area (Å²) in [5.74, 6) is 2.97. The molecule has 0 aliphatic heterocycles. The maximum atomic E-state index is 5.60. The van der Waals surface area contributed by atoms with Crippen molar-refractivity contribution in [3.8, 4) is 17.2 Å². The Hall–Kier alpha value is -3.13. The van der Waals surface area contributed by atoms with E-state index < -0.39 is 0 Å². The summed E-state index contributed by atoms with van der Waals surface area (Å²) in [5.41, 5.74) is 2.03. The monoisotopic (exact) mass is 467 g/mol. The Labute approximate surface area is 202 Å². The molecule has 1 heterocycles. The highest BCUT2D eigenvalue weighted by Crippen LogP contribution is 2.40. The third kappa shape index (κ3) is 5.67. The molecule has 0 bridgehead atoms. The zero-order chi connectivity index (χ0) is 24.9. The van der Waals surface area contributed by atoms with Crippen LogP contribution in [-0.4, -0.2) is 46.4 Å². The second kappa shape index (κ2) is 10.9. The van der Waals surface area contributed by atoms with E-state index in [-0.39, 0.29) is 17.5 Å².